The van der Waals surface area contributed by atoms with Crippen molar-refractivity contribution in [1.82, 2.24) is 14.6 Å². The van der Waals surface area contributed by atoms with Gasteiger partial charge in [0.2, 0.25) is 5.95 Å². The van der Waals surface area contributed by atoms with E-state index in [0.29, 0.717) is 12.5 Å². The summed E-state index contributed by atoms with van der Waals surface area (Å²) in [6.45, 7) is 3.94. The summed E-state index contributed by atoms with van der Waals surface area (Å²) in [4.78, 5) is 4.25. The molecule has 0 saturated heterocycles. The Labute approximate surface area is 106 Å². The highest BCUT2D eigenvalue weighted by molar-refractivity contribution is 7.91. The lowest BCUT2D eigenvalue weighted by Crippen LogP contribution is -2.17. The molecule has 0 atom stereocenters. The number of aromatic nitrogens is 3. The second-order valence-electron chi connectivity index (χ2n) is 4.11. The predicted octanol–water partition coefficient (Wildman–Crippen LogP) is 0.884. The van der Waals surface area contributed by atoms with E-state index in [0.717, 1.165) is 11.2 Å². The molecule has 0 amide bonds. The highest BCUT2D eigenvalue weighted by Crippen LogP contribution is 2.06. The Balaban J connectivity index is 2.04. The summed E-state index contributed by atoms with van der Waals surface area (Å²) >= 11 is 0. The van der Waals surface area contributed by atoms with Crippen molar-refractivity contribution in [3.05, 3.63) is 23.9 Å². The van der Waals surface area contributed by atoms with E-state index in [9.17, 15) is 8.42 Å². The molecule has 2 aromatic rings. The largest absolute Gasteiger partial charge is 0.352 e. The zero-order valence-corrected chi connectivity index (χ0v) is 11.2. The number of rotatable bonds is 5. The van der Waals surface area contributed by atoms with E-state index in [-0.39, 0.29) is 11.5 Å². The standard InChI is InChI=1S/C11H16N4O2S/c1-3-18(16,17)7-6-12-11-13-10-5-4-9(2)8-15(10)14-11/h4-5,8H,3,6-7H2,1-2H3,(H,12,14). The van der Waals surface area contributed by atoms with E-state index in [1.54, 1.807) is 11.4 Å². The topological polar surface area (TPSA) is 76.4 Å². The third-order valence-electron chi connectivity index (χ3n) is 2.61. The Morgan fingerprint density at radius 2 is 2.17 bits per heavy atom. The highest BCUT2D eigenvalue weighted by Gasteiger charge is 2.08. The third-order valence-corrected chi connectivity index (χ3v) is 4.32. The normalized spacial score (nSPS) is 11.9. The molecule has 1 N–H and O–H groups in total. The van der Waals surface area contributed by atoms with Gasteiger partial charge in [-0.15, -0.1) is 5.10 Å². The van der Waals surface area contributed by atoms with Gasteiger partial charge in [-0.1, -0.05) is 13.0 Å². The molecule has 0 aromatic carbocycles. The minimum absolute atomic E-state index is 0.0953. The summed E-state index contributed by atoms with van der Waals surface area (Å²) in [6, 6.07) is 3.83. The van der Waals surface area contributed by atoms with Crippen LogP contribution >= 0.6 is 0 Å². The molecule has 2 aromatic heterocycles. The molecule has 18 heavy (non-hydrogen) atoms. The number of hydrogen-bond acceptors (Lipinski definition) is 5. The summed E-state index contributed by atoms with van der Waals surface area (Å²) < 4.78 is 24.3. The van der Waals surface area contributed by atoms with Crippen molar-refractivity contribution in [2.75, 3.05) is 23.4 Å². The van der Waals surface area contributed by atoms with Gasteiger partial charge in [0.1, 0.15) is 0 Å². The van der Waals surface area contributed by atoms with Crippen molar-refractivity contribution >= 4 is 21.4 Å². The molecule has 0 fully saturated rings. The van der Waals surface area contributed by atoms with Crippen LogP contribution in [0, 0.1) is 6.92 Å². The van der Waals surface area contributed by atoms with Crippen molar-refractivity contribution in [2.24, 2.45) is 0 Å². The number of nitrogens with zero attached hydrogens (tertiary/aromatic N) is 3. The molecule has 0 unspecified atom stereocenters. The molecule has 0 bridgehead atoms. The summed E-state index contributed by atoms with van der Waals surface area (Å²) in [5.41, 5.74) is 1.83. The quantitative estimate of drug-likeness (QED) is 0.871. The lowest BCUT2D eigenvalue weighted by molar-refractivity contribution is 0.597. The fourth-order valence-corrected chi connectivity index (χ4v) is 2.23. The first-order valence-corrected chi connectivity index (χ1v) is 7.59. The second kappa shape index (κ2) is 4.93. The number of pyridine rings is 1. The van der Waals surface area contributed by atoms with Crippen LogP contribution in [0.3, 0.4) is 0 Å². The van der Waals surface area contributed by atoms with Crippen LogP contribution in [0.4, 0.5) is 5.95 Å². The van der Waals surface area contributed by atoms with Crippen LogP contribution in [0.1, 0.15) is 12.5 Å². The molecule has 6 nitrogen and oxygen atoms in total. The lowest BCUT2D eigenvalue weighted by Gasteiger charge is -2.01. The van der Waals surface area contributed by atoms with E-state index < -0.39 is 9.84 Å². The second-order valence-corrected chi connectivity index (χ2v) is 6.58. The molecular weight excluding hydrogens is 252 g/mol. The molecule has 0 aliphatic rings. The van der Waals surface area contributed by atoms with Gasteiger partial charge in [0.05, 0.1) is 5.75 Å². The first-order chi connectivity index (χ1) is 8.50. The molecule has 0 aliphatic carbocycles. The smallest absolute Gasteiger partial charge is 0.243 e. The maximum Gasteiger partial charge on any atom is 0.243 e. The lowest BCUT2D eigenvalue weighted by atomic mass is 10.3. The molecule has 7 heteroatoms. The molecule has 0 aliphatic heterocycles. The van der Waals surface area contributed by atoms with Crippen molar-refractivity contribution in [2.45, 2.75) is 13.8 Å². The number of hydrogen-bond donors (Lipinski definition) is 1. The van der Waals surface area contributed by atoms with Gasteiger partial charge in [0.15, 0.2) is 15.5 Å². The zero-order valence-electron chi connectivity index (χ0n) is 10.4. The van der Waals surface area contributed by atoms with Gasteiger partial charge < -0.3 is 5.32 Å². The average Bonchev–Trinajstić information content (AvgIpc) is 2.70. The maximum absolute atomic E-state index is 11.3. The van der Waals surface area contributed by atoms with Gasteiger partial charge >= 0.3 is 0 Å². The van der Waals surface area contributed by atoms with Crippen LogP contribution in [-0.2, 0) is 9.84 Å². The predicted molar refractivity (Wildman–Crippen MR) is 70.5 cm³/mol. The summed E-state index contributed by atoms with van der Waals surface area (Å²) in [5.74, 6) is 0.705. The molecule has 2 heterocycles. The van der Waals surface area contributed by atoms with Gasteiger partial charge in [0, 0.05) is 18.5 Å². The number of aryl methyl sites for hydroxylation is 1. The minimum atomic E-state index is -2.95. The average molecular weight is 268 g/mol. The van der Waals surface area contributed by atoms with Gasteiger partial charge in [-0.05, 0) is 18.6 Å². The zero-order chi connectivity index (χ0) is 13.2. The van der Waals surface area contributed by atoms with Gasteiger partial charge in [-0.2, -0.15) is 4.98 Å². The Morgan fingerprint density at radius 1 is 1.39 bits per heavy atom. The molecule has 0 saturated carbocycles. The fraction of sp³-hybridized carbons (Fsp3) is 0.455. The van der Waals surface area contributed by atoms with Crippen molar-refractivity contribution in [3.8, 4) is 0 Å². The maximum atomic E-state index is 11.3. The van der Waals surface area contributed by atoms with Crippen LogP contribution < -0.4 is 5.32 Å². The molecule has 98 valence electrons. The Bertz CT molecular complexity index is 648. The van der Waals surface area contributed by atoms with Crippen molar-refractivity contribution < 1.29 is 8.42 Å². The fourth-order valence-electron chi connectivity index (χ4n) is 1.52. The Kier molecular flexibility index (Phi) is 3.51. The first kappa shape index (κ1) is 12.8. The van der Waals surface area contributed by atoms with Crippen LogP contribution in [-0.4, -0.2) is 41.1 Å². The number of nitrogens with one attached hydrogen (secondary N) is 1. The van der Waals surface area contributed by atoms with Crippen LogP contribution in [0.25, 0.3) is 5.65 Å². The van der Waals surface area contributed by atoms with E-state index >= 15 is 0 Å². The van der Waals surface area contributed by atoms with Crippen molar-refractivity contribution in [1.29, 1.82) is 0 Å². The summed E-state index contributed by atoms with van der Waals surface area (Å²) in [6.07, 6.45) is 1.87. The van der Waals surface area contributed by atoms with E-state index in [1.165, 1.54) is 0 Å². The van der Waals surface area contributed by atoms with Crippen molar-refractivity contribution in [3.63, 3.8) is 0 Å². The summed E-state index contributed by atoms with van der Waals surface area (Å²) in [7, 11) is -2.95. The third kappa shape index (κ3) is 2.98. The SMILES string of the molecule is CCS(=O)(=O)CCNc1nc2ccc(C)cn2n1. The number of fused-ring (bicyclic) bond motifs is 1. The number of sulfone groups is 1. The van der Waals surface area contributed by atoms with Gasteiger partial charge in [0.25, 0.3) is 0 Å². The molecular formula is C11H16N4O2S. The molecule has 0 radical (unpaired) electrons. The van der Waals surface area contributed by atoms with Gasteiger partial charge in [-0.25, -0.2) is 12.9 Å². The van der Waals surface area contributed by atoms with E-state index in [2.05, 4.69) is 15.4 Å². The first-order valence-electron chi connectivity index (χ1n) is 5.77. The number of anilines is 1. The van der Waals surface area contributed by atoms with E-state index in [1.807, 2.05) is 25.3 Å². The Morgan fingerprint density at radius 3 is 2.89 bits per heavy atom. The van der Waals surface area contributed by atoms with Gasteiger partial charge in [-0.3, -0.25) is 0 Å². The summed E-state index contributed by atoms with van der Waals surface area (Å²) in [5, 5.41) is 7.14. The highest BCUT2D eigenvalue weighted by atomic mass is 32.2. The Hall–Kier alpha value is -1.63. The monoisotopic (exact) mass is 268 g/mol. The van der Waals surface area contributed by atoms with E-state index in [4.69, 9.17) is 0 Å². The van der Waals surface area contributed by atoms with Crippen LogP contribution in [0.5, 0.6) is 0 Å². The van der Waals surface area contributed by atoms with Crippen LogP contribution in [0.2, 0.25) is 0 Å². The van der Waals surface area contributed by atoms with Crippen LogP contribution in [0.15, 0.2) is 18.3 Å². The minimum Gasteiger partial charge on any atom is -0.352 e. The molecule has 2 rings (SSSR count). The molecule has 0 spiro atoms.